The highest BCUT2D eigenvalue weighted by Crippen LogP contribution is 2.38. The van der Waals surface area contributed by atoms with Crippen LogP contribution in [0.4, 0.5) is 0 Å². The maximum absolute atomic E-state index is 12.6. The van der Waals surface area contributed by atoms with Gasteiger partial charge >= 0.3 is 11.9 Å². The number of carbonyl (C=O) groups excluding carboxylic acids is 2. The average molecular weight is 700 g/mol. The number of nitrogens with zero attached hydrogens (tertiary/aromatic N) is 1. The Morgan fingerprint density at radius 2 is 1.12 bits per heavy atom. The summed E-state index contributed by atoms with van der Waals surface area (Å²) in [4.78, 5) is 37.2. The van der Waals surface area contributed by atoms with Gasteiger partial charge in [-0.15, -0.1) is 0 Å². The van der Waals surface area contributed by atoms with E-state index in [1.165, 1.54) is 57.8 Å². The second-order valence-electron chi connectivity index (χ2n) is 13.6. The fraction of sp³-hybridized carbons (Fsp3) is 0.789. The highest BCUT2D eigenvalue weighted by atomic mass is 31.2. The van der Waals surface area contributed by atoms with Gasteiger partial charge in [-0.25, -0.2) is 0 Å². The molecule has 48 heavy (non-hydrogen) atoms. The van der Waals surface area contributed by atoms with Crippen LogP contribution in [0.2, 0.25) is 0 Å². The number of quaternary nitrogens is 1. The van der Waals surface area contributed by atoms with Gasteiger partial charge in [0.25, 0.3) is 7.82 Å². The Morgan fingerprint density at radius 1 is 0.646 bits per heavy atom. The number of rotatable bonds is 33. The number of hydrogen-bond acceptors (Lipinski definition) is 8. The lowest BCUT2D eigenvalue weighted by Crippen LogP contribution is -2.37. The lowest BCUT2D eigenvalue weighted by Gasteiger charge is -2.28. The summed E-state index contributed by atoms with van der Waals surface area (Å²) in [5.74, 6) is -0.885. The number of esters is 2. The third kappa shape index (κ3) is 34.1. The van der Waals surface area contributed by atoms with E-state index in [0.717, 1.165) is 51.4 Å². The van der Waals surface area contributed by atoms with Crippen LogP contribution in [0.3, 0.4) is 0 Å². The van der Waals surface area contributed by atoms with Crippen molar-refractivity contribution < 1.29 is 42.1 Å². The first kappa shape index (κ1) is 46.2. The number of unbranched alkanes of at least 4 members (excludes halogenated alkanes) is 13. The fourth-order valence-corrected chi connectivity index (χ4v) is 5.39. The zero-order chi connectivity index (χ0) is 35.8. The minimum Gasteiger partial charge on any atom is -0.756 e. The van der Waals surface area contributed by atoms with E-state index < -0.39 is 32.5 Å². The molecule has 0 bridgehead atoms. The molecule has 2 atom stereocenters. The summed E-state index contributed by atoms with van der Waals surface area (Å²) in [5, 5.41) is 0. The topological polar surface area (TPSA) is 111 Å². The van der Waals surface area contributed by atoms with Gasteiger partial charge in [-0.2, -0.15) is 0 Å². The molecule has 9 nitrogen and oxygen atoms in total. The first-order valence-corrected chi connectivity index (χ1v) is 20.2. The first-order chi connectivity index (χ1) is 23.0. The Labute approximate surface area is 293 Å². The summed E-state index contributed by atoms with van der Waals surface area (Å²) in [7, 11) is 1.14. The van der Waals surface area contributed by atoms with Crippen LogP contribution in [0.1, 0.15) is 142 Å². The first-order valence-electron chi connectivity index (χ1n) is 18.7. The summed E-state index contributed by atoms with van der Waals surface area (Å²) >= 11 is 0. The van der Waals surface area contributed by atoms with Crippen LogP contribution in [0, 0.1) is 0 Å². The molecular weight excluding hydrogens is 629 g/mol. The van der Waals surface area contributed by atoms with Crippen molar-refractivity contribution in [2.75, 3.05) is 47.5 Å². The largest absolute Gasteiger partial charge is 0.756 e. The number of hydrogen-bond donors (Lipinski definition) is 0. The molecule has 1 unspecified atom stereocenters. The highest BCUT2D eigenvalue weighted by Gasteiger charge is 2.21. The average Bonchev–Trinajstić information content (AvgIpc) is 3.02. The smallest absolute Gasteiger partial charge is 0.306 e. The van der Waals surface area contributed by atoms with Gasteiger partial charge in [0.15, 0.2) is 6.10 Å². The van der Waals surface area contributed by atoms with Crippen molar-refractivity contribution in [3.8, 4) is 0 Å². The molecular formula is C38H70NO8P. The SMILES string of the molecule is CCCCC/C=C\C/C=C\C/C=C\CCCCC(=O)O[C@H](COC(=O)CCCCCCCCCCC)COP(=O)([O-])OCC[N+](C)(C)C. The van der Waals surface area contributed by atoms with Crippen LogP contribution in [-0.4, -0.2) is 70.0 Å². The van der Waals surface area contributed by atoms with Gasteiger partial charge in [0.1, 0.15) is 19.8 Å². The lowest BCUT2D eigenvalue weighted by molar-refractivity contribution is -0.870. The molecule has 0 aromatic heterocycles. The van der Waals surface area contributed by atoms with Gasteiger partial charge in [-0.1, -0.05) is 115 Å². The number of phosphoric acid groups is 1. The molecule has 0 aliphatic heterocycles. The van der Waals surface area contributed by atoms with Crippen LogP contribution in [0.25, 0.3) is 0 Å². The predicted molar refractivity (Wildman–Crippen MR) is 194 cm³/mol. The number of allylic oxidation sites excluding steroid dienone is 6. The standard InChI is InChI=1S/C38H70NO8P/c1-6-8-10-12-14-16-17-18-19-20-21-23-25-27-29-31-38(41)47-36(35-46-48(42,43)45-33-32-39(3,4)5)34-44-37(40)30-28-26-24-22-15-13-11-9-7-2/h14,16,18-19,21,23,36H,6-13,15,17,20,22,24-35H2,1-5H3/b16-14-,19-18-,23-21-/t36-/m1/s1. The summed E-state index contributed by atoms with van der Waals surface area (Å²) in [5.41, 5.74) is 0. The Balaban J connectivity index is 4.53. The molecule has 10 heteroatoms. The second kappa shape index (κ2) is 31.2. The van der Waals surface area contributed by atoms with E-state index >= 15 is 0 Å². The molecule has 0 rings (SSSR count). The molecule has 280 valence electrons. The van der Waals surface area contributed by atoms with E-state index in [9.17, 15) is 19.0 Å². The monoisotopic (exact) mass is 699 g/mol. The van der Waals surface area contributed by atoms with E-state index in [-0.39, 0.29) is 26.1 Å². The van der Waals surface area contributed by atoms with Gasteiger partial charge in [0.05, 0.1) is 27.7 Å². The molecule has 0 saturated carbocycles. The minimum absolute atomic E-state index is 0.0380. The Kier molecular flexibility index (Phi) is 30.1. The van der Waals surface area contributed by atoms with Crippen molar-refractivity contribution in [2.24, 2.45) is 0 Å². The van der Waals surface area contributed by atoms with Crippen LogP contribution in [0.15, 0.2) is 36.5 Å². The summed E-state index contributed by atoms with van der Waals surface area (Å²) < 4.78 is 33.6. The quantitative estimate of drug-likeness (QED) is 0.0219. The molecule has 0 heterocycles. The molecule has 0 aromatic rings. The molecule has 0 aromatic carbocycles. The van der Waals surface area contributed by atoms with Crippen LogP contribution < -0.4 is 4.89 Å². The fourth-order valence-electron chi connectivity index (χ4n) is 4.66. The van der Waals surface area contributed by atoms with Crippen molar-refractivity contribution in [1.82, 2.24) is 0 Å². The zero-order valence-corrected chi connectivity index (χ0v) is 32.1. The van der Waals surface area contributed by atoms with Crippen LogP contribution >= 0.6 is 7.82 Å². The van der Waals surface area contributed by atoms with Gasteiger partial charge in [0, 0.05) is 12.8 Å². The maximum atomic E-state index is 12.6. The molecule has 0 N–H and O–H groups in total. The van der Waals surface area contributed by atoms with E-state index in [1.807, 2.05) is 21.1 Å². The van der Waals surface area contributed by atoms with Gasteiger partial charge in [0.2, 0.25) is 0 Å². The second-order valence-corrected chi connectivity index (χ2v) is 15.0. The molecule has 0 fully saturated rings. The molecule has 0 radical (unpaired) electrons. The lowest BCUT2D eigenvalue weighted by atomic mass is 10.1. The molecule has 0 aliphatic rings. The van der Waals surface area contributed by atoms with Crippen LogP contribution in [0.5, 0.6) is 0 Å². The molecule has 0 aliphatic carbocycles. The van der Waals surface area contributed by atoms with Crippen molar-refractivity contribution in [3.05, 3.63) is 36.5 Å². The Morgan fingerprint density at radius 3 is 1.71 bits per heavy atom. The Bertz CT molecular complexity index is 928. The number of ether oxygens (including phenoxy) is 2. The van der Waals surface area contributed by atoms with Gasteiger partial charge < -0.3 is 27.9 Å². The van der Waals surface area contributed by atoms with Crippen LogP contribution in [-0.2, 0) is 32.7 Å². The van der Waals surface area contributed by atoms with Crippen molar-refractivity contribution in [3.63, 3.8) is 0 Å². The zero-order valence-electron chi connectivity index (χ0n) is 31.2. The minimum atomic E-state index is -4.62. The van der Waals surface area contributed by atoms with Gasteiger partial charge in [-0.05, 0) is 51.4 Å². The summed E-state index contributed by atoms with van der Waals surface area (Å²) in [6.07, 6.45) is 31.8. The molecule has 0 amide bonds. The summed E-state index contributed by atoms with van der Waals surface area (Å²) in [6, 6.07) is 0. The predicted octanol–water partition coefficient (Wildman–Crippen LogP) is 9.16. The van der Waals surface area contributed by atoms with E-state index in [1.54, 1.807) is 0 Å². The molecule has 0 spiro atoms. The normalized spacial score (nSPS) is 14.2. The third-order valence-corrected chi connectivity index (χ3v) is 8.63. The van der Waals surface area contributed by atoms with Crippen molar-refractivity contribution >= 4 is 19.8 Å². The number of carbonyl (C=O) groups is 2. The third-order valence-electron chi connectivity index (χ3n) is 7.66. The van der Waals surface area contributed by atoms with E-state index in [4.69, 9.17) is 18.5 Å². The van der Waals surface area contributed by atoms with Crippen molar-refractivity contribution in [2.45, 2.75) is 148 Å². The van der Waals surface area contributed by atoms with Crippen molar-refractivity contribution in [1.29, 1.82) is 0 Å². The number of likely N-dealkylation sites (N-methyl/N-ethyl adjacent to an activating group) is 1. The summed E-state index contributed by atoms with van der Waals surface area (Å²) in [6.45, 7) is 4.10. The Hall–Kier alpha value is -1.77. The van der Waals surface area contributed by atoms with E-state index in [0.29, 0.717) is 17.4 Å². The number of phosphoric ester groups is 1. The van der Waals surface area contributed by atoms with E-state index in [2.05, 4.69) is 50.3 Å². The van der Waals surface area contributed by atoms with Gasteiger partial charge in [-0.3, -0.25) is 14.2 Å². The maximum Gasteiger partial charge on any atom is 0.306 e. The molecule has 0 saturated heterocycles. The highest BCUT2D eigenvalue weighted by molar-refractivity contribution is 7.45.